The van der Waals surface area contributed by atoms with E-state index in [1.807, 2.05) is 61.5 Å². The van der Waals surface area contributed by atoms with Gasteiger partial charge in [-0.05, 0) is 55.4 Å². The number of hydrogen-bond acceptors (Lipinski definition) is 4. The lowest BCUT2D eigenvalue weighted by Gasteiger charge is -2.14. The molecular weight excluding hydrogens is 366 g/mol. The zero-order chi connectivity index (χ0) is 20.6. The molecule has 29 heavy (non-hydrogen) atoms. The van der Waals surface area contributed by atoms with Gasteiger partial charge in [-0.25, -0.2) is 0 Å². The predicted molar refractivity (Wildman–Crippen MR) is 115 cm³/mol. The fraction of sp³-hybridized carbons (Fsp3) is 0.217. The lowest BCUT2D eigenvalue weighted by atomic mass is 10.2. The van der Waals surface area contributed by atoms with E-state index in [9.17, 15) is 9.59 Å². The van der Waals surface area contributed by atoms with E-state index in [0.29, 0.717) is 18.7 Å². The first-order valence-corrected chi connectivity index (χ1v) is 9.60. The van der Waals surface area contributed by atoms with Crippen LogP contribution in [0.15, 0.2) is 77.7 Å². The Morgan fingerprint density at radius 2 is 1.79 bits per heavy atom. The molecule has 150 valence electrons. The Labute approximate surface area is 170 Å². The second-order valence-corrected chi connectivity index (χ2v) is 6.66. The molecule has 2 N–H and O–H groups in total. The van der Waals surface area contributed by atoms with Crippen molar-refractivity contribution in [2.75, 3.05) is 12.4 Å². The van der Waals surface area contributed by atoms with Crippen molar-refractivity contribution >= 4 is 11.6 Å². The first-order valence-electron chi connectivity index (χ1n) is 9.60. The van der Waals surface area contributed by atoms with Crippen LogP contribution in [-0.2, 0) is 11.3 Å². The van der Waals surface area contributed by atoms with E-state index in [-0.39, 0.29) is 23.2 Å². The molecule has 0 bridgehead atoms. The zero-order valence-electron chi connectivity index (χ0n) is 16.6. The third-order valence-corrected chi connectivity index (χ3v) is 4.58. The molecule has 3 rings (SSSR count). The zero-order valence-corrected chi connectivity index (χ0v) is 16.6. The first kappa shape index (κ1) is 20.4. The molecule has 1 amide bonds. The maximum Gasteiger partial charge on any atom is 0.274 e. The fourth-order valence-electron chi connectivity index (χ4n) is 3.03. The number of carbonyl (C=O) groups is 1. The normalized spacial score (nSPS) is 11.7. The van der Waals surface area contributed by atoms with Crippen LogP contribution in [0.3, 0.4) is 0 Å². The summed E-state index contributed by atoms with van der Waals surface area (Å²) in [5.74, 6) is 1.23. The Morgan fingerprint density at radius 1 is 1.03 bits per heavy atom. The van der Waals surface area contributed by atoms with Crippen LogP contribution in [0.2, 0.25) is 0 Å². The van der Waals surface area contributed by atoms with Gasteiger partial charge in [-0.1, -0.05) is 37.3 Å². The molecule has 3 aromatic rings. The van der Waals surface area contributed by atoms with Crippen LogP contribution in [0.25, 0.3) is 0 Å². The fourth-order valence-corrected chi connectivity index (χ4v) is 3.03. The highest BCUT2D eigenvalue weighted by Crippen LogP contribution is 2.22. The largest absolute Gasteiger partial charge is 0.457 e. The molecule has 0 aliphatic heterocycles. The van der Waals surface area contributed by atoms with Crippen LogP contribution < -0.4 is 20.9 Å². The van der Waals surface area contributed by atoms with Crippen LogP contribution >= 0.6 is 0 Å². The van der Waals surface area contributed by atoms with Gasteiger partial charge in [0.2, 0.25) is 5.91 Å². The van der Waals surface area contributed by atoms with Crippen molar-refractivity contribution in [2.45, 2.75) is 25.9 Å². The number of carbonyl (C=O) groups excluding carboxylic acids is 1. The summed E-state index contributed by atoms with van der Waals surface area (Å²) in [6.45, 7) is 2.28. The average molecular weight is 391 g/mol. The minimum atomic E-state index is -0.338. The molecule has 0 radical (unpaired) electrons. The molecule has 0 aliphatic carbocycles. The van der Waals surface area contributed by atoms with Gasteiger partial charge < -0.3 is 19.9 Å². The van der Waals surface area contributed by atoms with E-state index in [2.05, 4.69) is 10.6 Å². The van der Waals surface area contributed by atoms with Gasteiger partial charge in [-0.15, -0.1) is 0 Å². The van der Waals surface area contributed by atoms with Crippen molar-refractivity contribution < 1.29 is 9.53 Å². The van der Waals surface area contributed by atoms with E-state index in [0.717, 1.165) is 11.3 Å². The second-order valence-electron chi connectivity index (χ2n) is 6.66. The molecule has 1 heterocycles. The van der Waals surface area contributed by atoms with Gasteiger partial charge in [-0.2, -0.15) is 0 Å². The molecule has 0 unspecified atom stereocenters. The van der Waals surface area contributed by atoms with Crippen LogP contribution in [0.4, 0.5) is 5.69 Å². The summed E-state index contributed by atoms with van der Waals surface area (Å²) < 4.78 is 7.43. The number of likely N-dealkylation sites (N-methyl/N-ethyl adjacent to an activating group) is 1. The van der Waals surface area contributed by atoms with Gasteiger partial charge in [-0.3, -0.25) is 9.59 Å². The maximum absolute atomic E-state index is 12.8. The van der Waals surface area contributed by atoms with Gasteiger partial charge in [0.25, 0.3) is 5.56 Å². The van der Waals surface area contributed by atoms with E-state index in [1.165, 1.54) is 0 Å². The topological polar surface area (TPSA) is 72.4 Å². The molecule has 6 heteroatoms. The van der Waals surface area contributed by atoms with Crippen LogP contribution in [-0.4, -0.2) is 23.6 Å². The number of ether oxygens (including phenoxy) is 1. The lowest BCUT2D eigenvalue weighted by Crippen LogP contribution is -2.39. The summed E-state index contributed by atoms with van der Waals surface area (Å²) in [4.78, 5) is 25.1. The number of amides is 1. The van der Waals surface area contributed by atoms with Gasteiger partial charge in [0, 0.05) is 6.20 Å². The van der Waals surface area contributed by atoms with Gasteiger partial charge in [0.15, 0.2) is 0 Å². The summed E-state index contributed by atoms with van der Waals surface area (Å²) >= 11 is 0. The third-order valence-electron chi connectivity index (χ3n) is 4.58. The van der Waals surface area contributed by atoms with Crippen LogP contribution in [0.1, 0.15) is 18.9 Å². The summed E-state index contributed by atoms with van der Waals surface area (Å²) in [5, 5.41) is 5.66. The first-order chi connectivity index (χ1) is 14.1. The number of pyridine rings is 1. The predicted octanol–water partition coefficient (Wildman–Crippen LogP) is 3.63. The summed E-state index contributed by atoms with van der Waals surface area (Å²) in [5.41, 5.74) is 0.940. The van der Waals surface area contributed by atoms with E-state index in [1.54, 1.807) is 29.9 Å². The highest BCUT2D eigenvalue weighted by molar-refractivity contribution is 5.94. The van der Waals surface area contributed by atoms with Crippen molar-refractivity contribution in [3.63, 3.8) is 0 Å². The Bertz CT molecular complexity index is 1010. The average Bonchev–Trinajstić information content (AvgIpc) is 2.73. The maximum atomic E-state index is 12.8. The summed E-state index contributed by atoms with van der Waals surface area (Å²) in [7, 11) is 1.72. The van der Waals surface area contributed by atoms with Crippen molar-refractivity contribution in [3.8, 4) is 11.5 Å². The van der Waals surface area contributed by atoms with Crippen LogP contribution in [0.5, 0.6) is 11.5 Å². The number of nitrogens with one attached hydrogen (secondary N) is 2. The minimum absolute atomic E-state index is 0.219. The number of aromatic nitrogens is 1. The summed E-state index contributed by atoms with van der Waals surface area (Å²) in [6.07, 6.45) is 2.34. The molecule has 0 spiro atoms. The molecule has 6 nitrogen and oxygen atoms in total. The molecule has 1 atom stereocenters. The lowest BCUT2D eigenvalue weighted by molar-refractivity contribution is -0.118. The highest BCUT2D eigenvalue weighted by Gasteiger charge is 2.15. The van der Waals surface area contributed by atoms with E-state index in [4.69, 9.17) is 4.74 Å². The Morgan fingerprint density at radius 3 is 2.52 bits per heavy atom. The molecule has 0 aliphatic rings. The van der Waals surface area contributed by atoms with Crippen molar-refractivity contribution in [1.29, 1.82) is 0 Å². The number of para-hydroxylation sites is 1. The van der Waals surface area contributed by atoms with Gasteiger partial charge in [0.05, 0.1) is 12.6 Å². The van der Waals surface area contributed by atoms with Crippen LogP contribution in [0, 0.1) is 0 Å². The molecule has 0 saturated heterocycles. The number of hydrogen-bond donors (Lipinski definition) is 2. The second kappa shape index (κ2) is 9.71. The van der Waals surface area contributed by atoms with E-state index < -0.39 is 0 Å². The van der Waals surface area contributed by atoms with Gasteiger partial charge in [0.1, 0.15) is 17.2 Å². The number of benzene rings is 2. The number of anilines is 1. The Balaban J connectivity index is 1.76. The van der Waals surface area contributed by atoms with Crippen molar-refractivity contribution in [3.05, 3.63) is 88.8 Å². The third kappa shape index (κ3) is 5.33. The monoisotopic (exact) mass is 391 g/mol. The van der Waals surface area contributed by atoms with Crippen molar-refractivity contribution in [2.24, 2.45) is 0 Å². The Hall–Kier alpha value is -3.38. The quantitative estimate of drug-likeness (QED) is 0.615. The molecule has 2 aromatic carbocycles. The highest BCUT2D eigenvalue weighted by atomic mass is 16.5. The van der Waals surface area contributed by atoms with Crippen molar-refractivity contribution in [1.82, 2.24) is 9.88 Å². The number of nitrogens with zero attached hydrogens (tertiary/aromatic N) is 1. The summed E-state index contributed by atoms with van der Waals surface area (Å²) in [6, 6.07) is 20.2. The Kier molecular flexibility index (Phi) is 6.81. The molecule has 0 fully saturated rings. The van der Waals surface area contributed by atoms with Gasteiger partial charge >= 0.3 is 0 Å². The molecule has 1 aromatic heterocycles. The molecular formula is C23H25N3O3. The SMILES string of the molecule is CC[C@H](NC)C(=O)Nc1cccn(Cc2cccc(Oc3ccccc3)c2)c1=O. The number of rotatable bonds is 8. The standard InChI is InChI=1S/C23H25N3O3/c1-3-20(24-2)22(27)25-21-13-8-14-26(23(21)28)16-17-9-7-12-19(15-17)29-18-10-5-4-6-11-18/h4-15,20,24H,3,16H2,1-2H3,(H,25,27)/t20-/m0/s1. The minimum Gasteiger partial charge on any atom is -0.457 e. The molecule has 0 saturated carbocycles. The van der Waals surface area contributed by atoms with E-state index >= 15 is 0 Å². The smallest absolute Gasteiger partial charge is 0.274 e.